The lowest BCUT2D eigenvalue weighted by Crippen LogP contribution is -2.30. The molecule has 2 atom stereocenters. The van der Waals surface area contributed by atoms with Gasteiger partial charge in [-0.3, -0.25) is 4.98 Å². The summed E-state index contributed by atoms with van der Waals surface area (Å²) in [5.74, 6) is 1.02. The Morgan fingerprint density at radius 1 is 1.35 bits per heavy atom. The van der Waals surface area contributed by atoms with E-state index in [2.05, 4.69) is 41.7 Å². The van der Waals surface area contributed by atoms with Crippen molar-refractivity contribution in [3.8, 4) is 0 Å². The second-order valence-electron chi connectivity index (χ2n) is 5.15. The third-order valence-corrected chi connectivity index (χ3v) is 4.30. The van der Waals surface area contributed by atoms with Crippen molar-refractivity contribution >= 4 is 21.6 Å². The van der Waals surface area contributed by atoms with Crippen LogP contribution in [-0.2, 0) is 6.42 Å². The predicted molar refractivity (Wildman–Crippen MR) is 83.0 cm³/mol. The molecule has 0 saturated heterocycles. The molecule has 0 spiro atoms. The van der Waals surface area contributed by atoms with Crippen molar-refractivity contribution in [3.05, 3.63) is 53.4 Å². The van der Waals surface area contributed by atoms with Crippen LogP contribution in [0.4, 0.5) is 0 Å². The normalized spacial score (nSPS) is 14.5. The van der Waals surface area contributed by atoms with E-state index in [1.54, 1.807) is 17.6 Å². The molecule has 3 aromatic heterocycles. The Morgan fingerprint density at radius 3 is 3.05 bits per heavy atom. The summed E-state index contributed by atoms with van der Waals surface area (Å²) in [4.78, 5) is 4.50. The number of hydrogen-bond donors (Lipinski definition) is 1. The van der Waals surface area contributed by atoms with Gasteiger partial charge in [0, 0.05) is 24.7 Å². The molecule has 0 aliphatic carbocycles. The summed E-state index contributed by atoms with van der Waals surface area (Å²) in [6, 6.07) is 8.86. The van der Waals surface area contributed by atoms with E-state index >= 15 is 0 Å². The van der Waals surface area contributed by atoms with Crippen molar-refractivity contribution in [2.75, 3.05) is 0 Å². The number of rotatable bonds is 5. The van der Waals surface area contributed by atoms with E-state index in [0.717, 1.165) is 17.7 Å². The number of aromatic nitrogens is 1. The average Bonchev–Trinajstić information content (AvgIpc) is 3.07. The molecule has 2 unspecified atom stereocenters. The van der Waals surface area contributed by atoms with Gasteiger partial charge < -0.3 is 9.73 Å². The maximum Gasteiger partial charge on any atom is 0.105 e. The van der Waals surface area contributed by atoms with Crippen LogP contribution in [0, 0.1) is 0 Å². The van der Waals surface area contributed by atoms with Gasteiger partial charge in [-0.2, -0.15) is 0 Å². The van der Waals surface area contributed by atoms with Crippen LogP contribution in [0.5, 0.6) is 0 Å². The Labute approximate surface area is 122 Å². The lowest BCUT2D eigenvalue weighted by atomic mass is 10.1. The molecule has 3 heterocycles. The first-order chi connectivity index (χ1) is 9.72. The predicted octanol–water partition coefficient (Wildman–Crippen LogP) is 4.17. The summed E-state index contributed by atoms with van der Waals surface area (Å²) in [6.07, 6.45) is 4.58. The third kappa shape index (κ3) is 2.92. The van der Waals surface area contributed by atoms with Gasteiger partial charge in [0.25, 0.3) is 0 Å². The molecule has 0 aliphatic rings. The highest BCUT2D eigenvalue weighted by Crippen LogP contribution is 2.23. The van der Waals surface area contributed by atoms with E-state index < -0.39 is 0 Å². The van der Waals surface area contributed by atoms with Crippen molar-refractivity contribution in [2.24, 2.45) is 0 Å². The fourth-order valence-corrected chi connectivity index (χ4v) is 3.20. The summed E-state index contributed by atoms with van der Waals surface area (Å²) in [5, 5.41) is 5.68. The zero-order valence-electron chi connectivity index (χ0n) is 11.7. The van der Waals surface area contributed by atoms with E-state index in [1.165, 1.54) is 10.3 Å². The summed E-state index contributed by atoms with van der Waals surface area (Å²) in [6.45, 7) is 4.35. The minimum Gasteiger partial charge on any atom is -0.469 e. The van der Waals surface area contributed by atoms with Gasteiger partial charge in [-0.15, -0.1) is 11.3 Å². The number of furan rings is 1. The fourth-order valence-electron chi connectivity index (χ4n) is 2.41. The second kappa shape index (κ2) is 5.77. The Kier molecular flexibility index (Phi) is 3.85. The third-order valence-electron chi connectivity index (χ3n) is 3.45. The van der Waals surface area contributed by atoms with Crippen LogP contribution in [0.2, 0.25) is 0 Å². The Hall–Kier alpha value is -1.65. The number of hydrogen-bond acceptors (Lipinski definition) is 4. The van der Waals surface area contributed by atoms with Gasteiger partial charge in [0.1, 0.15) is 5.76 Å². The molecule has 3 nitrogen and oxygen atoms in total. The molecule has 0 aromatic carbocycles. The summed E-state index contributed by atoms with van der Waals surface area (Å²) in [5.41, 5.74) is 2.31. The van der Waals surface area contributed by atoms with E-state index in [-0.39, 0.29) is 6.04 Å². The molecular formula is C16H18N2OS. The molecule has 0 aliphatic heterocycles. The number of pyridine rings is 1. The second-order valence-corrected chi connectivity index (χ2v) is 6.09. The Bertz CT molecular complexity index is 675. The zero-order chi connectivity index (χ0) is 13.9. The van der Waals surface area contributed by atoms with Crippen LogP contribution in [0.1, 0.15) is 31.2 Å². The van der Waals surface area contributed by atoms with E-state index in [1.807, 2.05) is 18.3 Å². The molecule has 104 valence electrons. The van der Waals surface area contributed by atoms with Gasteiger partial charge in [0.2, 0.25) is 0 Å². The fraction of sp³-hybridized carbons (Fsp3) is 0.312. The van der Waals surface area contributed by atoms with Crippen LogP contribution < -0.4 is 5.32 Å². The molecule has 3 rings (SSSR count). The number of nitrogens with zero attached hydrogens (tertiary/aromatic N) is 1. The number of thiophene rings is 1. The molecule has 0 amide bonds. The van der Waals surface area contributed by atoms with Gasteiger partial charge in [-0.1, -0.05) is 0 Å². The van der Waals surface area contributed by atoms with Crippen LogP contribution in [0.3, 0.4) is 0 Å². The SMILES string of the molecule is CC(Cc1ccco1)NC(C)c1cnc2ccsc2c1. The van der Waals surface area contributed by atoms with Gasteiger partial charge in [-0.05, 0) is 49.1 Å². The van der Waals surface area contributed by atoms with Crippen molar-refractivity contribution in [1.29, 1.82) is 0 Å². The molecule has 1 N–H and O–H groups in total. The minimum absolute atomic E-state index is 0.277. The highest BCUT2D eigenvalue weighted by molar-refractivity contribution is 7.17. The Balaban J connectivity index is 1.67. The molecule has 3 aromatic rings. The summed E-state index contributed by atoms with van der Waals surface area (Å²) >= 11 is 1.74. The van der Waals surface area contributed by atoms with Crippen LogP contribution >= 0.6 is 11.3 Å². The molecule has 0 radical (unpaired) electrons. The van der Waals surface area contributed by atoms with Crippen molar-refractivity contribution in [3.63, 3.8) is 0 Å². The van der Waals surface area contributed by atoms with E-state index in [4.69, 9.17) is 4.42 Å². The Morgan fingerprint density at radius 2 is 2.25 bits per heavy atom. The highest BCUT2D eigenvalue weighted by Gasteiger charge is 2.12. The van der Waals surface area contributed by atoms with Crippen molar-refractivity contribution < 1.29 is 4.42 Å². The standard InChI is InChI=1S/C16H18N2OS/c1-11(8-14-4-3-6-19-14)18-12(2)13-9-16-15(17-10-13)5-7-20-16/h3-7,9-12,18H,8H2,1-2H3. The molecular weight excluding hydrogens is 268 g/mol. The largest absolute Gasteiger partial charge is 0.469 e. The zero-order valence-corrected chi connectivity index (χ0v) is 12.5. The van der Waals surface area contributed by atoms with Gasteiger partial charge in [0.05, 0.1) is 16.5 Å². The molecule has 4 heteroatoms. The van der Waals surface area contributed by atoms with Crippen LogP contribution in [0.15, 0.2) is 46.5 Å². The lowest BCUT2D eigenvalue weighted by Gasteiger charge is -2.19. The maximum atomic E-state index is 5.39. The molecule has 20 heavy (non-hydrogen) atoms. The first kappa shape index (κ1) is 13.3. The van der Waals surface area contributed by atoms with Gasteiger partial charge in [0.15, 0.2) is 0 Å². The summed E-state index contributed by atoms with van der Waals surface area (Å²) in [7, 11) is 0. The highest BCUT2D eigenvalue weighted by atomic mass is 32.1. The molecule has 0 saturated carbocycles. The van der Waals surface area contributed by atoms with E-state index in [9.17, 15) is 0 Å². The monoisotopic (exact) mass is 286 g/mol. The average molecular weight is 286 g/mol. The van der Waals surface area contributed by atoms with Gasteiger partial charge >= 0.3 is 0 Å². The number of nitrogens with one attached hydrogen (secondary N) is 1. The molecule has 0 fully saturated rings. The topological polar surface area (TPSA) is 38.1 Å². The first-order valence-electron chi connectivity index (χ1n) is 6.84. The first-order valence-corrected chi connectivity index (χ1v) is 7.72. The maximum absolute atomic E-state index is 5.39. The molecule has 0 bridgehead atoms. The van der Waals surface area contributed by atoms with Crippen LogP contribution in [0.25, 0.3) is 10.2 Å². The van der Waals surface area contributed by atoms with Crippen LogP contribution in [-0.4, -0.2) is 11.0 Å². The van der Waals surface area contributed by atoms with Crippen molar-refractivity contribution in [1.82, 2.24) is 10.3 Å². The summed E-state index contributed by atoms with van der Waals surface area (Å²) < 4.78 is 6.63. The number of fused-ring (bicyclic) bond motifs is 1. The quantitative estimate of drug-likeness (QED) is 0.765. The van der Waals surface area contributed by atoms with Gasteiger partial charge in [-0.25, -0.2) is 0 Å². The van der Waals surface area contributed by atoms with Crippen molar-refractivity contribution in [2.45, 2.75) is 32.4 Å². The lowest BCUT2D eigenvalue weighted by molar-refractivity contribution is 0.429. The minimum atomic E-state index is 0.277. The smallest absolute Gasteiger partial charge is 0.105 e. The van der Waals surface area contributed by atoms with E-state index in [0.29, 0.717) is 6.04 Å².